The molecule has 8 nitrogen and oxygen atoms in total. The number of sulfone groups is 1. The van der Waals surface area contributed by atoms with Crippen LogP contribution >= 0.6 is 0 Å². The molecule has 1 aromatic rings. The Bertz CT molecular complexity index is 1200. The molecule has 1 N–H and O–H groups in total. The summed E-state index contributed by atoms with van der Waals surface area (Å²) in [6, 6.07) is 2.92. The number of carbonyl (C=O) groups excluding carboxylic acids is 1. The average Bonchev–Trinajstić information content (AvgIpc) is 3.15. The van der Waals surface area contributed by atoms with Gasteiger partial charge in [-0.05, 0) is 31.0 Å². The minimum Gasteiger partial charge on any atom is -0.481 e. The first kappa shape index (κ1) is 25.2. The fourth-order valence-electron chi connectivity index (χ4n) is 5.58. The van der Waals surface area contributed by atoms with Crippen LogP contribution in [0.5, 0.6) is 0 Å². The van der Waals surface area contributed by atoms with Gasteiger partial charge in [-0.3, -0.25) is 9.59 Å². The largest absolute Gasteiger partial charge is 0.481 e. The van der Waals surface area contributed by atoms with Gasteiger partial charge < -0.3 is 19.6 Å². The molecule has 0 aromatic heterocycles. The van der Waals surface area contributed by atoms with Crippen LogP contribution in [0.3, 0.4) is 0 Å². The van der Waals surface area contributed by atoms with Crippen molar-refractivity contribution in [3.8, 4) is 0 Å². The predicted octanol–water partition coefficient (Wildman–Crippen LogP) is 2.27. The van der Waals surface area contributed by atoms with Gasteiger partial charge in [-0.25, -0.2) is 17.2 Å². The van der Waals surface area contributed by atoms with E-state index in [0.717, 1.165) is 17.0 Å². The molecule has 1 aliphatic carbocycles. The summed E-state index contributed by atoms with van der Waals surface area (Å²) in [5.41, 5.74) is -1.24. The molecule has 1 aromatic carbocycles. The van der Waals surface area contributed by atoms with Gasteiger partial charge in [-0.2, -0.15) is 13.2 Å². The predicted molar refractivity (Wildman–Crippen MR) is 113 cm³/mol. The second-order valence-electron chi connectivity index (χ2n) is 10.3. The lowest BCUT2D eigenvalue weighted by Crippen LogP contribution is -2.66. The Kier molecular flexibility index (Phi) is 5.60. The maximum absolute atomic E-state index is 14.0. The van der Waals surface area contributed by atoms with E-state index in [4.69, 9.17) is 4.74 Å². The van der Waals surface area contributed by atoms with Crippen LogP contribution in [-0.2, 0) is 30.3 Å². The van der Waals surface area contributed by atoms with Crippen LogP contribution in [0.4, 0.5) is 27.6 Å². The Morgan fingerprint density at radius 2 is 1.64 bits per heavy atom. The molecule has 3 aliphatic heterocycles. The van der Waals surface area contributed by atoms with E-state index >= 15 is 0 Å². The summed E-state index contributed by atoms with van der Waals surface area (Å²) < 4.78 is 100. The highest BCUT2D eigenvalue weighted by molar-refractivity contribution is 7.92. The minimum atomic E-state index is -5.01. The average molecular weight is 538 g/mol. The van der Waals surface area contributed by atoms with Gasteiger partial charge in [-0.1, -0.05) is 0 Å². The van der Waals surface area contributed by atoms with E-state index in [1.165, 1.54) is 6.07 Å². The number of alkyl halides is 5. The molecular formula is C22H23F5N2O6S. The normalized spacial score (nSPS) is 28.9. The van der Waals surface area contributed by atoms with Crippen molar-refractivity contribution in [3.05, 3.63) is 23.8 Å². The lowest BCUT2D eigenvalue weighted by molar-refractivity contribution is -0.172. The second-order valence-corrected chi connectivity index (χ2v) is 12.5. The number of amides is 1. The van der Waals surface area contributed by atoms with Crippen LogP contribution in [0.15, 0.2) is 23.1 Å². The van der Waals surface area contributed by atoms with Crippen molar-refractivity contribution in [3.63, 3.8) is 0 Å². The third kappa shape index (κ3) is 4.11. The number of anilines is 1. The van der Waals surface area contributed by atoms with Crippen molar-refractivity contribution in [2.45, 2.75) is 35.1 Å². The number of nitrogens with zero attached hydrogens (tertiary/aromatic N) is 2. The van der Waals surface area contributed by atoms with Crippen molar-refractivity contribution >= 4 is 27.4 Å². The number of carboxylic acids is 1. The molecule has 0 bridgehead atoms. The van der Waals surface area contributed by atoms with E-state index in [-0.39, 0.29) is 11.1 Å². The molecule has 4 fully saturated rings. The van der Waals surface area contributed by atoms with Gasteiger partial charge >= 0.3 is 12.1 Å². The van der Waals surface area contributed by atoms with Crippen LogP contribution < -0.4 is 4.90 Å². The van der Waals surface area contributed by atoms with Gasteiger partial charge in [0.05, 0.1) is 59.3 Å². The monoisotopic (exact) mass is 538 g/mol. The summed E-state index contributed by atoms with van der Waals surface area (Å²) in [4.78, 5) is 25.8. The van der Waals surface area contributed by atoms with Crippen LogP contribution in [0, 0.1) is 17.3 Å². The molecule has 1 amide bonds. The SMILES string of the molecule is O=C(O)[C@@H]1C[C@H](S(=O)(=O)c2ccc(N3CC4(COC4)C3)cc2C(F)(F)F)C[C@H]1C(=O)N1CC(F)(F)C1. The van der Waals surface area contributed by atoms with Gasteiger partial charge in [0.25, 0.3) is 5.92 Å². The smallest absolute Gasteiger partial charge is 0.417 e. The first-order valence-electron chi connectivity index (χ1n) is 11.3. The summed E-state index contributed by atoms with van der Waals surface area (Å²) in [7, 11) is -4.71. The van der Waals surface area contributed by atoms with Crippen LogP contribution in [0.2, 0.25) is 0 Å². The third-order valence-electron chi connectivity index (χ3n) is 7.56. The quantitative estimate of drug-likeness (QED) is 0.574. The number of aliphatic carboxylic acids is 1. The van der Waals surface area contributed by atoms with Crippen molar-refractivity contribution in [2.24, 2.45) is 17.3 Å². The molecule has 0 radical (unpaired) electrons. The summed E-state index contributed by atoms with van der Waals surface area (Å²) in [6.45, 7) is 0.190. The molecule has 3 saturated heterocycles. The molecule has 1 spiro atoms. The van der Waals surface area contributed by atoms with E-state index in [9.17, 15) is 45.1 Å². The number of halogens is 5. The van der Waals surface area contributed by atoms with Gasteiger partial charge in [0.2, 0.25) is 5.91 Å². The molecule has 3 atom stereocenters. The molecule has 14 heteroatoms. The highest BCUT2D eigenvalue weighted by atomic mass is 32.2. The standard InChI is InChI=1S/C22H23F5N2O6S/c23-21(24)8-29(9-21)18(30)14-4-13(5-15(14)19(31)32)36(33,34)17-2-1-12(3-16(17)22(25,26)27)28-6-20(7-28)10-35-11-20/h1-3,13-15H,4-11H2,(H,31,32)/t13-,14-,15-/m1/s1. The van der Waals surface area contributed by atoms with Crippen LogP contribution in [-0.4, -0.2) is 80.9 Å². The highest BCUT2D eigenvalue weighted by Gasteiger charge is 2.55. The number of carboxylic acid groups (broad SMARTS) is 1. The van der Waals surface area contributed by atoms with Gasteiger partial charge in [0.15, 0.2) is 9.84 Å². The van der Waals surface area contributed by atoms with E-state index in [1.54, 1.807) is 4.90 Å². The number of rotatable bonds is 5. The Morgan fingerprint density at radius 1 is 1.03 bits per heavy atom. The van der Waals surface area contributed by atoms with Crippen LogP contribution in [0.1, 0.15) is 18.4 Å². The lowest BCUT2D eigenvalue weighted by atomic mass is 9.77. The van der Waals surface area contributed by atoms with Crippen molar-refractivity contribution in [2.75, 3.05) is 44.3 Å². The molecule has 5 rings (SSSR count). The first-order chi connectivity index (χ1) is 16.6. The molecule has 36 heavy (non-hydrogen) atoms. The highest BCUT2D eigenvalue weighted by Crippen LogP contribution is 2.46. The minimum absolute atomic E-state index is 0.0825. The molecule has 0 unspecified atom stereocenters. The molecule has 198 valence electrons. The number of benzene rings is 1. The summed E-state index contributed by atoms with van der Waals surface area (Å²) in [5.74, 6) is -8.47. The lowest BCUT2D eigenvalue weighted by Gasteiger charge is -2.56. The second kappa shape index (κ2) is 8.01. The number of hydrogen-bond donors (Lipinski definition) is 1. The molecular weight excluding hydrogens is 515 g/mol. The zero-order valence-electron chi connectivity index (χ0n) is 18.8. The number of hydrogen-bond acceptors (Lipinski definition) is 6. The maximum atomic E-state index is 14.0. The summed E-state index contributed by atoms with van der Waals surface area (Å²) in [5, 5.41) is 7.95. The molecule has 3 heterocycles. The number of ether oxygens (including phenoxy) is 1. The Morgan fingerprint density at radius 3 is 2.14 bits per heavy atom. The molecule has 4 aliphatic rings. The Hall–Kier alpha value is -2.48. The van der Waals surface area contributed by atoms with E-state index in [1.807, 2.05) is 0 Å². The van der Waals surface area contributed by atoms with Crippen LogP contribution in [0.25, 0.3) is 0 Å². The Labute approximate surface area is 202 Å². The van der Waals surface area contributed by atoms with E-state index in [2.05, 4.69) is 0 Å². The van der Waals surface area contributed by atoms with Crippen molar-refractivity contribution < 1.29 is 49.8 Å². The first-order valence-corrected chi connectivity index (χ1v) is 12.8. The number of carbonyl (C=O) groups is 2. The fraction of sp³-hybridized carbons (Fsp3) is 0.636. The summed E-state index contributed by atoms with van der Waals surface area (Å²) in [6.07, 6.45) is -6.16. The molecule has 1 saturated carbocycles. The maximum Gasteiger partial charge on any atom is 0.417 e. The van der Waals surface area contributed by atoms with Crippen molar-refractivity contribution in [1.82, 2.24) is 4.90 Å². The van der Waals surface area contributed by atoms with Crippen molar-refractivity contribution in [1.29, 1.82) is 0 Å². The number of likely N-dealkylation sites (tertiary alicyclic amines) is 1. The van der Waals surface area contributed by atoms with E-state index < -0.39 is 87.3 Å². The Balaban J connectivity index is 1.41. The summed E-state index contributed by atoms with van der Waals surface area (Å²) >= 11 is 0. The topological polar surface area (TPSA) is 104 Å². The van der Waals surface area contributed by atoms with Gasteiger partial charge in [-0.15, -0.1) is 0 Å². The fourth-order valence-corrected chi connectivity index (χ4v) is 7.60. The van der Waals surface area contributed by atoms with E-state index in [0.29, 0.717) is 26.3 Å². The third-order valence-corrected chi connectivity index (χ3v) is 9.79. The zero-order valence-corrected chi connectivity index (χ0v) is 19.6. The zero-order chi connectivity index (χ0) is 26.3. The van der Waals surface area contributed by atoms with Gasteiger partial charge in [0.1, 0.15) is 0 Å². The van der Waals surface area contributed by atoms with Gasteiger partial charge in [0, 0.05) is 18.8 Å².